The minimum Gasteiger partial charge on any atom is -0.497 e. The van der Waals surface area contributed by atoms with Crippen molar-refractivity contribution in [2.75, 3.05) is 19.5 Å². The summed E-state index contributed by atoms with van der Waals surface area (Å²) in [6.45, 7) is 2.80. The van der Waals surface area contributed by atoms with Crippen molar-refractivity contribution < 1.29 is 14.3 Å². The monoisotopic (exact) mass is 357 g/mol. The zero-order valence-corrected chi connectivity index (χ0v) is 15.1. The second-order valence-electron chi connectivity index (χ2n) is 5.43. The highest BCUT2D eigenvalue weighted by atomic mass is 32.1. The van der Waals surface area contributed by atoms with Gasteiger partial charge in [-0.05, 0) is 49.5 Å². The van der Waals surface area contributed by atoms with Gasteiger partial charge in [0.15, 0.2) is 4.77 Å². The fraction of sp³-hybridized carbons (Fsp3) is 0.222. The van der Waals surface area contributed by atoms with Gasteiger partial charge in [0.05, 0.1) is 30.9 Å². The summed E-state index contributed by atoms with van der Waals surface area (Å²) in [6, 6.07) is 10.7. The molecule has 1 aromatic heterocycles. The lowest BCUT2D eigenvalue weighted by Crippen LogP contribution is -2.12. The van der Waals surface area contributed by atoms with Crippen molar-refractivity contribution in [2.45, 2.75) is 13.5 Å². The summed E-state index contributed by atoms with van der Waals surface area (Å²) < 4.78 is 13.1. The fourth-order valence-electron chi connectivity index (χ4n) is 2.73. The Kier molecular flexibility index (Phi) is 4.76. The number of hydrogen-bond acceptors (Lipinski definition) is 4. The molecule has 0 atom stereocenters. The van der Waals surface area contributed by atoms with Crippen molar-refractivity contribution in [1.82, 2.24) is 9.55 Å². The number of nitrogens with one attached hydrogen (secondary N) is 2. The smallest absolute Gasteiger partial charge is 0.255 e. The predicted molar refractivity (Wildman–Crippen MR) is 100 cm³/mol. The van der Waals surface area contributed by atoms with Gasteiger partial charge in [0.2, 0.25) is 0 Å². The number of aromatic amines is 1. The van der Waals surface area contributed by atoms with Crippen LogP contribution >= 0.6 is 12.2 Å². The van der Waals surface area contributed by atoms with Gasteiger partial charge in [-0.3, -0.25) is 4.79 Å². The number of imidazole rings is 1. The van der Waals surface area contributed by atoms with Crippen molar-refractivity contribution >= 4 is 34.8 Å². The highest BCUT2D eigenvalue weighted by Crippen LogP contribution is 2.29. The summed E-state index contributed by atoms with van der Waals surface area (Å²) in [5.41, 5.74) is 2.88. The maximum atomic E-state index is 12.6. The third kappa shape index (κ3) is 3.23. The van der Waals surface area contributed by atoms with E-state index in [0.717, 1.165) is 17.6 Å². The van der Waals surface area contributed by atoms with Crippen molar-refractivity contribution in [3.8, 4) is 11.5 Å². The van der Waals surface area contributed by atoms with Crippen molar-refractivity contribution in [3.63, 3.8) is 0 Å². The summed E-state index contributed by atoms with van der Waals surface area (Å²) in [4.78, 5) is 15.8. The van der Waals surface area contributed by atoms with Gasteiger partial charge in [-0.2, -0.15) is 0 Å². The molecular formula is C18H19N3O3S. The van der Waals surface area contributed by atoms with Crippen molar-refractivity contribution in [3.05, 3.63) is 46.7 Å². The lowest BCUT2D eigenvalue weighted by molar-refractivity contribution is 0.102. The summed E-state index contributed by atoms with van der Waals surface area (Å²) in [6.07, 6.45) is 0. The first-order valence-corrected chi connectivity index (χ1v) is 8.24. The Labute approximate surface area is 150 Å². The molecule has 2 N–H and O–H groups in total. The van der Waals surface area contributed by atoms with E-state index in [-0.39, 0.29) is 5.91 Å². The van der Waals surface area contributed by atoms with E-state index in [1.165, 1.54) is 0 Å². The van der Waals surface area contributed by atoms with Crippen LogP contribution in [0.4, 0.5) is 5.69 Å². The second-order valence-corrected chi connectivity index (χ2v) is 5.81. The van der Waals surface area contributed by atoms with Crippen LogP contribution in [0.15, 0.2) is 36.4 Å². The van der Waals surface area contributed by atoms with Crippen LogP contribution in [0.25, 0.3) is 11.0 Å². The van der Waals surface area contributed by atoms with E-state index < -0.39 is 0 Å². The number of H-pyrrole nitrogens is 1. The summed E-state index contributed by atoms with van der Waals surface area (Å²) in [7, 11) is 3.12. The van der Waals surface area contributed by atoms with Crippen molar-refractivity contribution in [2.24, 2.45) is 0 Å². The van der Waals surface area contributed by atoms with E-state index in [9.17, 15) is 4.79 Å². The van der Waals surface area contributed by atoms with Gasteiger partial charge in [0, 0.05) is 18.2 Å². The standard InChI is InChI=1S/C18H19N3O3S/c1-4-21-15-7-5-11(9-13(15)20-18(21)25)17(22)19-14-10-12(23-2)6-8-16(14)24-3/h5-10H,4H2,1-3H3,(H,19,22)(H,20,25). The Morgan fingerprint density at radius 2 is 2.00 bits per heavy atom. The number of carbonyl (C=O) groups excluding carboxylic acids is 1. The number of aryl methyl sites for hydroxylation is 1. The number of anilines is 1. The van der Waals surface area contributed by atoms with Crippen LogP contribution in [0, 0.1) is 4.77 Å². The van der Waals surface area contributed by atoms with Gasteiger partial charge in [0.1, 0.15) is 11.5 Å². The van der Waals surface area contributed by atoms with Gasteiger partial charge >= 0.3 is 0 Å². The molecule has 0 unspecified atom stereocenters. The normalized spacial score (nSPS) is 10.7. The quantitative estimate of drug-likeness (QED) is 0.678. The summed E-state index contributed by atoms with van der Waals surface area (Å²) in [5, 5.41) is 2.86. The molecule has 0 aliphatic carbocycles. The van der Waals surface area contributed by atoms with Gasteiger partial charge in [-0.15, -0.1) is 0 Å². The number of methoxy groups -OCH3 is 2. The van der Waals surface area contributed by atoms with Gasteiger partial charge in [-0.1, -0.05) is 0 Å². The van der Waals surface area contributed by atoms with Crippen LogP contribution in [0.5, 0.6) is 11.5 Å². The summed E-state index contributed by atoms with van der Waals surface area (Å²) in [5.74, 6) is 0.958. The highest BCUT2D eigenvalue weighted by molar-refractivity contribution is 7.71. The molecule has 0 bridgehead atoms. The Hall–Kier alpha value is -2.80. The molecule has 2 aromatic carbocycles. The predicted octanol–water partition coefficient (Wildman–Crippen LogP) is 3.99. The first-order valence-electron chi connectivity index (χ1n) is 7.83. The molecule has 25 heavy (non-hydrogen) atoms. The van der Waals surface area contributed by atoms with E-state index in [0.29, 0.717) is 27.5 Å². The molecule has 0 radical (unpaired) electrons. The molecule has 0 spiro atoms. The first kappa shape index (κ1) is 17.0. The van der Waals surface area contributed by atoms with E-state index in [2.05, 4.69) is 10.3 Å². The molecular weight excluding hydrogens is 338 g/mol. The van der Waals surface area contributed by atoms with E-state index in [1.807, 2.05) is 17.6 Å². The van der Waals surface area contributed by atoms with E-state index in [1.54, 1.807) is 44.6 Å². The summed E-state index contributed by atoms with van der Waals surface area (Å²) >= 11 is 5.30. The molecule has 6 nitrogen and oxygen atoms in total. The van der Waals surface area contributed by atoms with Crippen molar-refractivity contribution in [1.29, 1.82) is 0 Å². The van der Waals surface area contributed by atoms with Crippen LogP contribution in [0.2, 0.25) is 0 Å². The van der Waals surface area contributed by atoms with Crippen LogP contribution in [0.3, 0.4) is 0 Å². The number of aromatic nitrogens is 2. The number of fused-ring (bicyclic) bond motifs is 1. The molecule has 0 aliphatic heterocycles. The van der Waals surface area contributed by atoms with Gasteiger partial charge < -0.3 is 24.3 Å². The maximum absolute atomic E-state index is 12.6. The molecule has 0 saturated carbocycles. The average Bonchev–Trinajstić information content (AvgIpc) is 2.95. The minimum absolute atomic E-state index is 0.239. The minimum atomic E-state index is -0.239. The molecule has 1 amide bonds. The van der Waals surface area contributed by atoms with Gasteiger partial charge in [-0.25, -0.2) is 0 Å². The highest BCUT2D eigenvalue weighted by Gasteiger charge is 2.13. The molecule has 1 heterocycles. The SMILES string of the molecule is CCn1c(=S)[nH]c2cc(C(=O)Nc3cc(OC)ccc3OC)ccc21. The number of ether oxygens (including phenoxy) is 2. The molecule has 3 aromatic rings. The number of carbonyl (C=O) groups is 1. The molecule has 130 valence electrons. The Balaban J connectivity index is 1.94. The van der Waals surface area contributed by atoms with Crippen LogP contribution < -0.4 is 14.8 Å². The lowest BCUT2D eigenvalue weighted by atomic mass is 10.1. The topological polar surface area (TPSA) is 68.3 Å². The largest absolute Gasteiger partial charge is 0.497 e. The third-order valence-electron chi connectivity index (χ3n) is 4.01. The van der Waals surface area contributed by atoms with Crippen LogP contribution in [0.1, 0.15) is 17.3 Å². The van der Waals surface area contributed by atoms with E-state index >= 15 is 0 Å². The molecule has 7 heteroatoms. The maximum Gasteiger partial charge on any atom is 0.255 e. The first-order chi connectivity index (χ1) is 12.1. The number of nitrogens with zero attached hydrogens (tertiary/aromatic N) is 1. The molecule has 0 aliphatic rings. The second kappa shape index (κ2) is 6.98. The number of rotatable bonds is 5. The van der Waals surface area contributed by atoms with Crippen LogP contribution in [-0.2, 0) is 6.54 Å². The number of amides is 1. The van der Waals surface area contributed by atoms with Crippen LogP contribution in [-0.4, -0.2) is 29.7 Å². The Bertz CT molecular complexity index is 991. The fourth-order valence-corrected chi connectivity index (χ4v) is 3.06. The Morgan fingerprint density at radius 3 is 2.68 bits per heavy atom. The average molecular weight is 357 g/mol. The number of benzene rings is 2. The molecule has 0 fully saturated rings. The molecule has 3 rings (SSSR count). The molecule has 0 saturated heterocycles. The lowest BCUT2D eigenvalue weighted by Gasteiger charge is -2.12. The third-order valence-corrected chi connectivity index (χ3v) is 4.33. The zero-order chi connectivity index (χ0) is 18.0. The zero-order valence-electron chi connectivity index (χ0n) is 14.3. The Morgan fingerprint density at radius 1 is 1.20 bits per heavy atom. The van der Waals surface area contributed by atoms with Gasteiger partial charge in [0.25, 0.3) is 5.91 Å². The number of hydrogen-bond donors (Lipinski definition) is 2. The van der Waals surface area contributed by atoms with E-state index in [4.69, 9.17) is 21.7 Å².